The average molecular weight is 218 g/mol. The summed E-state index contributed by atoms with van der Waals surface area (Å²) in [5.74, 6) is 0. The normalized spacial score (nSPS) is 18.6. The Morgan fingerprint density at radius 2 is 2.06 bits per heavy atom. The second-order valence-corrected chi connectivity index (χ2v) is 3.65. The third kappa shape index (κ3) is 1.63. The van der Waals surface area contributed by atoms with E-state index < -0.39 is 0 Å². The molecule has 6 nitrogen and oxygen atoms in total. The van der Waals surface area contributed by atoms with Crippen LogP contribution in [0, 0.1) is 0 Å². The van der Waals surface area contributed by atoms with Crippen LogP contribution in [0.15, 0.2) is 35.1 Å². The Bertz CT molecular complexity index is 541. The zero-order valence-electron chi connectivity index (χ0n) is 8.48. The minimum Gasteiger partial charge on any atom is -0.371 e. The molecule has 0 radical (unpaired) electrons. The summed E-state index contributed by atoms with van der Waals surface area (Å²) in [6, 6.07) is 9.22. The van der Waals surface area contributed by atoms with Crippen molar-refractivity contribution in [3.05, 3.63) is 40.8 Å². The van der Waals surface area contributed by atoms with E-state index in [2.05, 4.69) is 10.4 Å². The van der Waals surface area contributed by atoms with Crippen molar-refractivity contribution in [3.63, 3.8) is 0 Å². The Morgan fingerprint density at radius 3 is 2.75 bits per heavy atom. The van der Waals surface area contributed by atoms with Gasteiger partial charge in [-0.2, -0.15) is 9.36 Å². The molecule has 1 atom stereocenters. The summed E-state index contributed by atoms with van der Waals surface area (Å²) in [4.78, 5) is 11.9. The summed E-state index contributed by atoms with van der Waals surface area (Å²) in [5, 5.41) is 7.64. The number of tetrazole rings is 1. The third-order valence-electron chi connectivity index (χ3n) is 2.42. The quantitative estimate of drug-likeness (QED) is 0.671. The molecular weight excluding hydrogens is 208 g/mol. The molecule has 0 amide bonds. The van der Waals surface area contributed by atoms with E-state index >= 15 is 0 Å². The van der Waals surface area contributed by atoms with Gasteiger partial charge in [0.1, 0.15) is 6.10 Å². The maximum Gasteiger partial charge on any atom is 0.368 e. The summed E-state index contributed by atoms with van der Waals surface area (Å²) < 4.78 is 7.65. The lowest BCUT2D eigenvalue weighted by Crippen LogP contribution is -2.25. The van der Waals surface area contributed by atoms with Crippen LogP contribution in [0.1, 0.15) is 0 Å². The lowest BCUT2D eigenvalue weighted by molar-refractivity contribution is 0.368. The highest BCUT2D eigenvalue weighted by Crippen LogP contribution is 2.09. The second kappa shape index (κ2) is 3.57. The summed E-state index contributed by atoms with van der Waals surface area (Å²) in [5.41, 5.74) is 0.483. The van der Waals surface area contributed by atoms with Gasteiger partial charge in [0.2, 0.25) is 0 Å². The number of benzene rings is 1. The van der Waals surface area contributed by atoms with E-state index in [1.165, 1.54) is 9.36 Å². The molecule has 1 saturated heterocycles. The van der Waals surface area contributed by atoms with Crippen LogP contribution in [0.5, 0.6) is 0 Å². The number of para-hydroxylation sites is 1. The van der Waals surface area contributed by atoms with Gasteiger partial charge in [-0.05, 0) is 22.6 Å². The molecule has 1 aromatic carbocycles. The number of epoxide rings is 1. The fourth-order valence-electron chi connectivity index (χ4n) is 1.49. The van der Waals surface area contributed by atoms with Crippen LogP contribution >= 0.6 is 0 Å². The van der Waals surface area contributed by atoms with Gasteiger partial charge in [0.25, 0.3) is 0 Å². The highest BCUT2D eigenvalue weighted by atomic mass is 16.6. The van der Waals surface area contributed by atoms with Crippen molar-refractivity contribution >= 4 is 0 Å². The first kappa shape index (κ1) is 9.29. The predicted molar refractivity (Wildman–Crippen MR) is 55.4 cm³/mol. The minimum atomic E-state index is -0.235. The number of hydrogen-bond donors (Lipinski definition) is 0. The fourth-order valence-corrected chi connectivity index (χ4v) is 1.49. The molecule has 0 aliphatic carbocycles. The molecule has 0 spiro atoms. The van der Waals surface area contributed by atoms with E-state index in [9.17, 15) is 4.79 Å². The average Bonchev–Trinajstić information content (AvgIpc) is 3.06. The predicted octanol–water partition coefficient (Wildman–Crippen LogP) is -0.172. The van der Waals surface area contributed by atoms with Crippen molar-refractivity contribution in [3.8, 4) is 5.69 Å². The maximum absolute atomic E-state index is 11.9. The smallest absolute Gasteiger partial charge is 0.368 e. The molecule has 82 valence electrons. The van der Waals surface area contributed by atoms with Crippen LogP contribution in [0.4, 0.5) is 0 Å². The van der Waals surface area contributed by atoms with Gasteiger partial charge in [-0.3, -0.25) is 0 Å². The lowest BCUT2D eigenvalue weighted by atomic mass is 10.3. The maximum atomic E-state index is 11.9. The minimum absolute atomic E-state index is 0.124. The lowest BCUT2D eigenvalue weighted by Gasteiger charge is -1.96. The van der Waals surface area contributed by atoms with Gasteiger partial charge < -0.3 is 4.74 Å². The largest absolute Gasteiger partial charge is 0.371 e. The second-order valence-electron chi connectivity index (χ2n) is 3.65. The van der Waals surface area contributed by atoms with Crippen LogP contribution in [0.3, 0.4) is 0 Å². The van der Waals surface area contributed by atoms with Gasteiger partial charge in [-0.25, -0.2) is 4.79 Å². The molecule has 0 bridgehead atoms. The Balaban J connectivity index is 1.96. The first-order valence-electron chi connectivity index (χ1n) is 5.04. The van der Waals surface area contributed by atoms with Crippen molar-refractivity contribution < 1.29 is 4.74 Å². The van der Waals surface area contributed by atoms with Gasteiger partial charge >= 0.3 is 5.69 Å². The van der Waals surface area contributed by atoms with Crippen LogP contribution in [-0.4, -0.2) is 32.5 Å². The van der Waals surface area contributed by atoms with E-state index in [1.807, 2.05) is 30.3 Å². The molecule has 1 aromatic heterocycles. The number of ether oxygens (including phenoxy) is 1. The fraction of sp³-hybridized carbons (Fsp3) is 0.300. The van der Waals surface area contributed by atoms with E-state index in [1.54, 1.807) is 0 Å². The molecule has 16 heavy (non-hydrogen) atoms. The molecule has 1 unspecified atom stereocenters. The molecule has 2 heterocycles. The summed E-state index contributed by atoms with van der Waals surface area (Å²) >= 11 is 0. The Kier molecular flexibility index (Phi) is 2.07. The van der Waals surface area contributed by atoms with Gasteiger partial charge in [0.05, 0.1) is 18.8 Å². The number of hydrogen-bond acceptors (Lipinski definition) is 4. The molecule has 1 aliphatic heterocycles. The van der Waals surface area contributed by atoms with Gasteiger partial charge in [-0.15, -0.1) is 0 Å². The monoisotopic (exact) mass is 218 g/mol. The molecular formula is C10H10N4O2. The van der Waals surface area contributed by atoms with Crippen molar-refractivity contribution in [2.24, 2.45) is 0 Å². The van der Waals surface area contributed by atoms with E-state index in [4.69, 9.17) is 4.74 Å². The standard InChI is InChI=1S/C10H10N4O2/c15-10-13(6-9-7-16-9)11-12-14(10)8-4-2-1-3-5-8/h1-5,9H,6-7H2. The molecule has 0 saturated carbocycles. The molecule has 1 fully saturated rings. The molecule has 1 aliphatic rings. The summed E-state index contributed by atoms with van der Waals surface area (Å²) in [6.45, 7) is 1.18. The Morgan fingerprint density at radius 1 is 1.31 bits per heavy atom. The summed E-state index contributed by atoms with van der Waals surface area (Å²) in [7, 11) is 0. The molecule has 3 rings (SSSR count). The zero-order valence-corrected chi connectivity index (χ0v) is 8.48. The van der Waals surface area contributed by atoms with Crippen LogP contribution in [0.2, 0.25) is 0 Å². The number of aromatic nitrogens is 4. The van der Waals surface area contributed by atoms with Crippen molar-refractivity contribution in [2.45, 2.75) is 12.6 Å². The highest BCUT2D eigenvalue weighted by Gasteiger charge is 2.25. The van der Waals surface area contributed by atoms with E-state index in [-0.39, 0.29) is 11.8 Å². The van der Waals surface area contributed by atoms with Gasteiger partial charge in [0, 0.05) is 0 Å². The van der Waals surface area contributed by atoms with E-state index in [0.717, 1.165) is 5.69 Å². The van der Waals surface area contributed by atoms with Gasteiger partial charge in [-0.1, -0.05) is 18.2 Å². The SMILES string of the molecule is O=c1n(CC2CO2)nnn1-c1ccccc1. The van der Waals surface area contributed by atoms with Crippen LogP contribution in [0.25, 0.3) is 5.69 Å². The first-order chi connectivity index (χ1) is 7.84. The topological polar surface area (TPSA) is 65.2 Å². The molecule has 6 heteroatoms. The number of nitrogens with zero attached hydrogens (tertiary/aromatic N) is 4. The molecule has 2 aromatic rings. The third-order valence-corrected chi connectivity index (χ3v) is 2.42. The highest BCUT2D eigenvalue weighted by molar-refractivity contribution is 5.28. The van der Waals surface area contributed by atoms with Crippen molar-refractivity contribution in [2.75, 3.05) is 6.61 Å². The Labute approximate surface area is 91.0 Å². The van der Waals surface area contributed by atoms with Gasteiger partial charge in [0.15, 0.2) is 0 Å². The Hall–Kier alpha value is -1.95. The number of rotatable bonds is 3. The first-order valence-corrected chi connectivity index (χ1v) is 5.04. The zero-order chi connectivity index (χ0) is 11.0. The van der Waals surface area contributed by atoms with Crippen LogP contribution in [-0.2, 0) is 11.3 Å². The van der Waals surface area contributed by atoms with E-state index in [0.29, 0.717) is 13.2 Å². The van der Waals surface area contributed by atoms with Crippen molar-refractivity contribution in [1.29, 1.82) is 0 Å². The van der Waals surface area contributed by atoms with Crippen molar-refractivity contribution in [1.82, 2.24) is 19.8 Å². The van der Waals surface area contributed by atoms with Crippen LogP contribution < -0.4 is 5.69 Å². The summed E-state index contributed by atoms with van der Waals surface area (Å²) in [6.07, 6.45) is 0.124. The molecule has 0 N–H and O–H groups in total.